The molecule has 0 aromatic rings. The fourth-order valence-corrected chi connectivity index (χ4v) is 1.71. The Morgan fingerprint density at radius 1 is 1.54 bits per heavy atom. The minimum atomic E-state index is -0.318. The highest BCUT2D eigenvalue weighted by Gasteiger charge is 2.17. The molecular weight excluding hydrogens is 166 g/mol. The highest BCUT2D eigenvalue weighted by molar-refractivity contribution is 5.80. The van der Waals surface area contributed by atoms with Crippen molar-refractivity contribution in [3.63, 3.8) is 0 Å². The molecule has 1 rings (SSSR count). The predicted octanol–water partition coefficient (Wildman–Crippen LogP) is 1.33. The van der Waals surface area contributed by atoms with E-state index in [2.05, 4.69) is 5.32 Å². The van der Waals surface area contributed by atoms with Gasteiger partial charge in [-0.1, -0.05) is 12.8 Å². The lowest BCUT2D eigenvalue weighted by Crippen LogP contribution is -2.36. The second-order valence-corrected chi connectivity index (χ2v) is 3.77. The second-order valence-electron chi connectivity index (χ2n) is 3.77. The van der Waals surface area contributed by atoms with Gasteiger partial charge >= 0.3 is 0 Å². The number of rotatable bonds is 4. The Balaban J connectivity index is 2.13. The van der Waals surface area contributed by atoms with Gasteiger partial charge in [-0.3, -0.25) is 4.79 Å². The summed E-state index contributed by atoms with van der Waals surface area (Å²) in [4.78, 5) is 11.3. The summed E-state index contributed by atoms with van der Waals surface area (Å²) in [7, 11) is 1.56. The molecule has 0 heterocycles. The first-order chi connectivity index (χ1) is 6.24. The molecule has 3 nitrogen and oxygen atoms in total. The third-order valence-corrected chi connectivity index (χ3v) is 2.76. The van der Waals surface area contributed by atoms with E-state index in [1.165, 1.54) is 25.7 Å². The highest BCUT2D eigenvalue weighted by atomic mass is 16.5. The summed E-state index contributed by atoms with van der Waals surface area (Å²) in [6.45, 7) is 2.59. The summed E-state index contributed by atoms with van der Waals surface area (Å²) in [5.74, 6) is 0.711. The lowest BCUT2D eigenvalue weighted by atomic mass is 10.1. The van der Waals surface area contributed by atoms with E-state index in [9.17, 15) is 4.79 Å². The number of carbonyl (C=O) groups is 1. The summed E-state index contributed by atoms with van der Waals surface area (Å²) in [5, 5.41) is 2.91. The van der Waals surface area contributed by atoms with Crippen molar-refractivity contribution in [1.29, 1.82) is 0 Å². The van der Waals surface area contributed by atoms with Crippen LogP contribution in [-0.4, -0.2) is 25.7 Å². The van der Waals surface area contributed by atoms with Crippen molar-refractivity contribution in [2.75, 3.05) is 13.7 Å². The van der Waals surface area contributed by atoms with Gasteiger partial charge in [0.2, 0.25) is 5.91 Å². The predicted molar refractivity (Wildman–Crippen MR) is 51.4 cm³/mol. The van der Waals surface area contributed by atoms with Crippen molar-refractivity contribution in [3.05, 3.63) is 0 Å². The molecule has 0 spiro atoms. The summed E-state index contributed by atoms with van der Waals surface area (Å²) in [6.07, 6.45) is 4.85. The van der Waals surface area contributed by atoms with Gasteiger partial charge < -0.3 is 10.1 Å². The van der Waals surface area contributed by atoms with Gasteiger partial charge in [-0.25, -0.2) is 0 Å². The van der Waals surface area contributed by atoms with Gasteiger partial charge in [-0.15, -0.1) is 0 Å². The van der Waals surface area contributed by atoms with E-state index in [4.69, 9.17) is 4.74 Å². The standard InChI is InChI=1S/C10H19NO2/c1-8(13-2)10(12)11-7-9-5-3-4-6-9/h8-9H,3-7H2,1-2H3,(H,11,12). The topological polar surface area (TPSA) is 38.3 Å². The van der Waals surface area contributed by atoms with Gasteiger partial charge in [-0.2, -0.15) is 0 Å². The minimum absolute atomic E-state index is 0.00870. The van der Waals surface area contributed by atoms with Crippen LogP contribution in [0, 0.1) is 5.92 Å². The Kier molecular flexibility index (Phi) is 4.22. The van der Waals surface area contributed by atoms with Crippen LogP contribution < -0.4 is 5.32 Å². The van der Waals surface area contributed by atoms with Crippen LogP contribution in [0.25, 0.3) is 0 Å². The Morgan fingerprint density at radius 2 is 2.15 bits per heavy atom. The molecule has 0 radical (unpaired) electrons. The summed E-state index contributed by atoms with van der Waals surface area (Å²) in [6, 6.07) is 0. The quantitative estimate of drug-likeness (QED) is 0.717. The molecule has 0 bridgehead atoms. The van der Waals surface area contributed by atoms with E-state index >= 15 is 0 Å². The van der Waals surface area contributed by atoms with Crippen LogP contribution in [0.3, 0.4) is 0 Å². The van der Waals surface area contributed by atoms with E-state index in [1.807, 2.05) is 0 Å². The van der Waals surface area contributed by atoms with Crippen molar-refractivity contribution in [2.24, 2.45) is 5.92 Å². The highest BCUT2D eigenvalue weighted by Crippen LogP contribution is 2.23. The van der Waals surface area contributed by atoms with E-state index in [0.717, 1.165) is 6.54 Å². The molecule has 1 saturated carbocycles. The lowest BCUT2D eigenvalue weighted by Gasteiger charge is -2.13. The Bertz CT molecular complexity index is 164. The van der Waals surface area contributed by atoms with Crippen LogP contribution in [0.1, 0.15) is 32.6 Å². The average Bonchev–Trinajstić information content (AvgIpc) is 2.65. The van der Waals surface area contributed by atoms with Gasteiger partial charge in [-0.05, 0) is 25.7 Å². The molecule has 0 aromatic heterocycles. The van der Waals surface area contributed by atoms with Crippen LogP contribution in [0.2, 0.25) is 0 Å². The van der Waals surface area contributed by atoms with Gasteiger partial charge in [0.15, 0.2) is 0 Å². The third-order valence-electron chi connectivity index (χ3n) is 2.76. The maximum Gasteiger partial charge on any atom is 0.248 e. The van der Waals surface area contributed by atoms with Crippen LogP contribution in [0.15, 0.2) is 0 Å². The maximum atomic E-state index is 11.3. The van der Waals surface area contributed by atoms with Crippen molar-refractivity contribution in [1.82, 2.24) is 5.32 Å². The van der Waals surface area contributed by atoms with Crippen LogP contribution >= 0.6 is 0 Å². The molecule has 1 fully saturated rings. The number of nitrogens with one attached hydrogen (secondary N) is 1. The third kappa shape index (κ3) is 3.35. The summed E-state index contributed by atoms with van der Waals surface area (Å²) >= 11 is 0. The first-order valence-corrected chi connectivity index (χ1v) is 5.04. The first kappa shape index (κ1) is 10.5. The van der Waals surface area contributed by atoms with Crippen molar-refractivity contribution in [3.8, 4) is 0 Å². The normalized spacial score (nSPS) is 20.2. The number of amides is 1. The Labute approximate surface area is 79.8 Å². The lowest BCUT2D eigenvalue weighted by molar-refractivity contribution is -0.130. The van der Waals surface area contributed by atoms with Gasteiger partial charge in [0.05, 0.1) is 0 Å². The molecule has 1 N–H and O–H groups in total. The zero-order valence-corrected chi connectivity index (χ0v) is 8.51. The number of methoxy groups -OCH3 is 1. The van der Waals surface area contributed by atoms with Crippen LogP contribution in [0.5, 0.6) is 0 Å². The fraction of sp³-hybridized carbons (Fsp3) is 0.900. The molecule has 0 saturated heterocycles. The zero-order chi connectivity index (χ0) is 9.68. The number of ether oxygens (including phenoxy) is 1. The largest absolute Gasteiger partial charge is 0.372 e. The van der Waals surface area contributed by atoms with Crippen molar-refractivity contribution < 1.29 is 9.53 Å². The monoisotopic (exact) mass is 185 g/mol. The SMILES string of the molecule is COC(C)C(=O)NCC1CCCC1. The summed E-state index contributed by atoms with van der Waals surface area (Å²) in [5.41, 5.74) is 0. The van der Waals surface area contributed by atoms with Crippen molar-refractivity contribution >= 4 is 5.91 Å². The Morgan fingerprint density at radius 3 is 2.69 bits per heavy atom. The number of hydrogen-bond donors (Lipinski definition) is 1. The molecule has 1 amide bonds. The molecular formula is C10H19NO2. The first-order valence-electron chi connectivity index (χ1n) is 5.04. The maximum absolute atomic E-state index is 11.3. The molecule has 3 heteroatoms. The molecule has 1 atom stereocenters. The Hall–Kier alpha value is -0.570. The van der Waals surface area contributed by atoms with E-state index < -0.39 is 0 Å². The van der Waals surface area contributed by atoms with E-state index in [-0.39, 0.29) is 12.0 Å². The molecule has 0 aromatic carbocycles. The van der Waals surface area contributed by atoms with Gasteiger partial charge in [0.25, 0.3) is 0 Å². The number of carbonyl (C=O) groups excluding carboxylic acids is 1. The van der Waals surface area contributed by atoms with Gasteiger partial charge in [0, 0.05) is 13.7 Å². The fourth-order valence-electron chi connectivity index (χ4n) is 1.71. The minimum Gasteiger partial charge on any atom is -0.372 e. The molecule has 13 heavy (non-hydrogen) atoms. The number of hydrogen-bond acceptors (Lipinski definition) is 2. The smallest absolute Gasteiger partial charge is 0.248 e. The molecule has 1 aliphatic rings. The van der Waals surface area contributed by atoms with Crippen LogP contribution in [0.4, 0.5) is 0 Å². The zero-order valence-electron chi connectivity index (χ0n) is 8.51. The molecule has 0 aliphatic heterocycles. The molecule has 1 aliphatic carbocycles. The van der Waals surface area contributed by atoms with Crippen LogP contribution in [-0.2, 0) is 9.53 Å². The van der Waals surface area contributed by atoms with E-state index in [0.29, 0.717) is 5.92 Å². The average molecular weight is 185 g/mol. The van der Waals surface area contributed by atoms with Crippen molar-refractivity contribution in [2.45, 2.75) is 38.7 Å². The summed E-state index contributed by atoms with van der Waals surface area (Å²) < 4.78 is 4.92. The van der Waals surface area contributed by atoms with Gasteiger partial charge in [0.1, 0.15) is 6.10 Å². The molecule has 1 unspecified atom stereocenters. The molecule has 76 valence electrons. The second kappa shape index (κ2) is 5.22. The van der Waals surface area contributed by atoms with E-state index in [1.54, 1.807) is 14.0 Å².